The second-order valence-electron chi connectivity index (χ2n) is 7.48. The van der Waals surface area contributed by atoms with Gasteiger partial charge in [0.15, 0.2) is 0 Å². The van der Waals surface area contributed by atoms with Gasteiger partial charge < -0.3 is 19.7 Å². The van der Waals surface area contributed by atoms with E-state index in [-0.39, 0.29) is 5.91 Å². The summed E-state index contributed by atoms with van der Waals surface area (Å²) in [6, 6.07) is 11.0. The first kappa shape index (κ1) is 18.3. The van der Waals surface area contributed by atoms with Gasteiger partial charge in [-0.3, -0.25) is 4.79 Å². The molecule has 2 aromatic rings. The highest BCUT2D eigenvalue weighted by atomic mass is 32.1. The first-order valence-electron chi connectivity index (χ1n) is 9.49. The van der Waals surface area contributed by atoms with Gasteiger partial charge in [-0.2, -0.15) is 0 Å². The Kier molecular flexibility index (Phi) is 5.36. The zero-order valence-electron chi connectivity index (χ0n) is 15.8. The average Bonchev–Trinajstić information content (AvgIpc) is 3.22. The number of thiophene rings is 1. The molecule has 2 bridgehead atoms. The van der Waals surface area contributed by atoms with E-state index < -0.39 is 0 Å². The number of carbonyl (C=O) groups excluding carboxylic acids is 1. The van der Waals surface area contributed by atoms with E-state index in [0.717, 1.165) is 34.8 Å². The Morgan fingerprint density at radius 3 is 2.52 bits per heavy atom. The van der Waals surface area contributed by atoms with Crippen LogP contribution in [0, 0.1) is 0 Å². The van der Waals surface area contributed by atoms with Crippen molar-refractivity contribution in [2.24, 2.45) is 0 Å². The molecule has 0 spiro atoms. The molecule has 2 unspecified atom stereocenters. The molecule has 2 atom stereocenters. The normalized spacial score (nSPS) is 24.6. The van der Waals surface area contributed by atoms with Gasteiger partial charge in [-0.25, -0.2) is 0 Å². The quantitative estimate of drug-likeness (QED) is 0.823. The lowest BCUT2D eigenvalue weighted by Crippen LogP contribution is -2.48. The molecule has 1 N–H and O–H groups in total. The molecule has 144 valence electrons. The Morgan fingerprint density at radius 2 is 1.85 bits per heavy atom. The van der Waals surface area contributed by atoms with E-state index in [4.69, 9.17) is 9.47 Å². The van der Waals surface area contributed by atoms with Crippen LogP contribution in [0.2, 0.25) is 0 Å². The van der Waals surface area contributed by atoms with E-state index in [9.17, 15) is 4.79 Å². The Labute approximate surface area is 164 Å². The van der Waals surface area contributed by atoms with Crippen molar-refractivity contribution in [3.8, 4) is 11.5 Å². The average molecular weight is 387 g/mol. The number of fused-ring (bicyclic) bond motifs is 2. The summed E-state index contributed by atoms with van der Waals surface area (Å²) in [6.45, 7) is 0.453. The van der Waals surface area contributed by atoms with Crippen molar-refractivity contribution in [3.05, 3.63) is 46.2 Å². The van der Waals surface area contributed by atoms with Crippen LogP contribution in [0.15, 0.2) is 35.7 Å². The molecule has 1 amide bonds. The number of hydrogen-bond donors (Lipinski definition) is 1. The second-order valence-corrected chi connectivity index (χ2v) is 8.39. The molecule has 27 heavy (non-hydrogen) atoms. The standard InChI is InChI=1S/C21H26N2O3S/c1-23-16-3-4-17(23)11-15(10-16)22-21(24)20-9-14(13-27-20)12-26-19-7-5-18(25-2)6-8-19/h5-9,13,15-17H,3-4,10-12H2,1-2H3,(H,22,24). The van der Waals surface area contributed by atoms with Crippen LogP contribution in [0.1, 0.15) is 40.9 Å². The van der Waals surface area contributed by atoms with Crippen LogP contribution < -0.4 is 14.8 Å². The molecule has 1 aromatic carbocycles. The highest BCUT2D eigenvalue weighted by Gasteiger charge is 2.38. The fourth-order valence-corrected chi connectivity index (χ4v) is 4.99. The van der Waals surface area contributed by atoms with Gasteiger partial charge in [-0.1, -0.05) is 0 Å². The minimum atomic E-state index is 0.0460. The van der Waals surface area contributed by atoms with Crippen molar-refractivity contribution < 1.29 is 14.3 Å². The van der Waals surface area contributed by atoms with Crippen LogP contribution in [-0.2, 0) is 6.61 Å². The second kappa shape index (κ2) is 7.90. The van der Waals surface area contributed by atoms with Crippen LogP contribution >= 0.6 is 11.3 Å². The van der Waals surface area contributed by atoms with Gasteiger partial charge in [0.25, 0.3) is 5.91 Å². The third-order valence-corrected chi connectivity index (χ3v) is 6.75. The molecule has 5 nitrogen and oxygen atoms in total. The summed E-state index contributed by atoms with van der Waals surface area (Å²) < 4.78 is 10.9. The highest BCUT2D eigenvalue weighted by Crippen LogP contribution is 2.34. The Bertz CT molecular complexity index is 775. The SMILES string of the molecule is COc1ccc(OCc2csc(C(=O)NC3CC4CCC(C3)N4C)c2)cc1. The Morgan fingerprint density at radius 1 is 1.19 bits per heavy atom. The van der Waals surface area contributed by atoms with Gasteiger partial charge in [0.05, 0.1) is 12.0 Å². The Balaban J connectivity index is 1.30. The molecule has 0 saturated carbocycles. The van der Waals surface area contributed by atoms with Crippen molar-refractivity contribution >= 4 is 17.2 Å². The number of hydrogen-bond acceptors (Lipinski definition) is 5. The zero-order chi connectivity index (χ0) is 18.8. The fraction of sp³-hybridized carbons (Fsp3) is 0.476. The van der Waals surface area contributed by atoms with Crippen molar-refractivity contribution in [1.29, 1.82) is 0 Å². The maximum atomic E-state index is 12.6. The topological polar surface area (TPSA) is 50.8 Å². The van der Waals surface area contributed by atoms with Crippen molar-refractivity contribution in [2.45, 2.75) is 50.4 Å². The number of piperidine rings is 1. The zero-order valence-corrected chi connectivity index (χ0v) is 16.6. The molecule has 2 aliphatic heterocycles. The number of carbonyl (C=O) groups is 1. The molecule has 4 rings (SSSR count). The van der Waals surface area contributed by atoms with Crippen LogP contribution in [0.4, 0.5) is 0 Å². The minimum Gasteiger partial charge on any atom is -0.497 e. The van der Waals surface area contributed by atoms with Gasteiger partial charge in [0.2, 0.25) is 0 Å². The lowest BCUT2D eigenvalue weighted by molar-refractivity contribution is 0.0886. The molecule has 2 saturated heterocycles. The van der Waals surface area contributed by atoms with Crippen molar-refractivity contribution in [3.63, 3.8) is 0 Å². The summed E-state index contributed by atoms with van der Waals surface area (Å²) in [5.74, 6) is 1.64. The minimum absolute atomic E-state index is 0.0460. The maximum Gasteiger partial charge on any atom is 0.261 e. The van der Waals surface area contributed by atoms with E-state index in [2.05, 4.69) is 17.3 Å². The molecular formula is C21H26N2O3S. The molecule has 2 fully saturated rings. The summed E-state index contributed by atoms with van der Waals surface area (Å²) in [5.41, 5.74) is 1.02. The molecular weight excluding hydrogens is 360 g/mol. The summed E-state index contributed by atoms with van der Waals surface area (Å²) in [6.07, 6.45) is 4.66. The molecule has 3 heterocycles. The number of nitrogens with zero attached hydrogens (tertiary/aromatic N) is 1. The van der Waals surface area contributed by atoms with Crippen molar-refractivity contribution in [2.75, 3.05) is 14.2 Å². The van der Waals surface area contributed by atoms with E-state index in [1.807, 2.05) is 35.7 Å². The smallest absolute Gasteiger partial charge is 0.261 e. The third-order valence-electron chi connectivity index (χ3n) is 5.78. The summed E-state index contributed by atoms with van der Waals surface area (Å²) in [4.78, 5) is 15.9. The number of methoxy groups -OCH3 is 1. The van der Waals surface area contributed by atoms with Crippen LogP contribution in [0.3, 0.4) is 0 Å². The number of amides is 1. The van der Waals surface area contributed by atoms with Gasteiger partial charge in [-0.15, -0.1) is 11.3 Å². The number of nitrogens with one attached hydrogen (secondary N) is 1. The van der Waals surface area contributed by atoms with Crippen LogP contribution in [0.5, 0.6) is 11.5 Å². The lowest BCUT2D eigenvalue weighted by atomic mass is 9.98. The third kappa shape index (κ3) is 4.12. The molecule has 6 heteroatoms. The molecule has 0 radical (unpaired) electrons. The fourth-order valence-electron chi connectivity index (χ4n) is 4.19. The first-order valence-corrected chi connectivity index (χ1v) is 10.4. The van der Waals surface area contributed by atoms with Gasteiger partial charge >= 0.3 is 0 Å². The predicted molar refractivity (Wildman–Crippen MR) is 107 cm³/mol. The van der Waals surface area contributed by atoms with Crippen LogP contribution in [0.25, 0.3) is 0 Å². The largest absolute Gasteiger partial charge is 0.497 e. The predicted octanol–water partition coefficient (Wildman–Crippen LogP) is 3.69. The van der Waals surface area contributed by atoms with Gasteiger partial charge in [-0.05, 0) is 68.4 Å². The summed E-state index contributed by atoms with van der Waals surface area (Å²) >= 11 is 1.48. The maximum absolute atomic E-state index is 12.6. The first-order chi connectivity index (χ1) is 13.1. The molecule has 2 aliphatic rings. The van der Waals surface area contributed by atoms with Gasteiger partial charge in [0, 0.05) is 23.7 Å². The van der Waals surface area contributed by atoms with E-state index >= 15 is 0 Å². The number of rotatable bonds is 6. The lowest BCUT2D eigenvalue weighted by Gasteiger charge is -2.36. The van der Waals surface area contributed by atoms with Crippen LogP contribution in [-0.4, -0.2) is 43.1 Å². The number of ether oxygens (including phenoxy) is 2. The van der Waals surface area contributed by atoms with E-state index in [0.29, 0.717) is 24.7 Å². The van der Waals surface area contributed by atoms with E-state index in [1.54, 1.807) is 7.11 Å². The summed E-state index contributed by atoms with van der Waals surface area (Å²) in [7, 11) is 3.86. The summed E-state index contributed by atoms with van der Waals surface area (Å²) in [5, 5.41) is 5.24. The molecule has 1 aromatic heterocycles. The monoisotopic (exact) mass is 386 g/mol. The number of benzene rings is 1. The Hall–Kier alpha value is -2.05. The van der Waals surface area contributed by atoms with Gasteiger partial charge in [0.1, 0.15) is 18.1 Å². The van der Waals surface area contributed by atoms with Crippen molar-refractivity contribution in [1.82, 2.24) is 10.2 Å². The molecule has 0 aliphatic carbocycles. The van der Waals surface area contributed by atoms with E-state index in [1.165, 1.54) is 24.2 Å². The highest BCUT2D eigenvalue weighted by molar-refractivity contribution is 7.12.